The van der Waals surface area contributed by atoms with Crippen molar-refractivity contribution >= 4 is 35.3 Å². The molecule has 16 nitrogen and oxygen atoms in total. The lowest BCUT2D eigenvalue weighted by atomic mass is 9.84. The minimum Gasteiger partial charge on any atom is -0.465 e. The average Bonchev–Trinajstić information content (AvgIpc) is 3.78. The van der Waals surface area contributed by atoms with Gasteiger partial charge in [0.1, 0.15) is 23.4 Å². The van der Waals surface area contributed by atoms with Crippen LogP contribution >= 0.6 is 11.3 Å². The molecule has 0 unspecified atom stereocenters. The highest BCUT2D eigenvalue weighted by molar-refractivity contribution is 7.09. The molecular weight excluding hydrogens is 787 g/mol. The van der Waals surface area contributed by atoms with Crippen LogP contribution in [0.5, 0.6) is 0 Å². The molecule has 5 amide bonds. The molecule has 2 aromatic carbocycles. The number of hydrogen-bond acceptors (Lipinski definition) is 11. The number of amides is 5. The number of rotatable bonds is 18. The number of hydrogen-bond donors (Lipinski definition) is 5. The smallest absolute Gasteiger partial charge is 0.405 e. The zero-order chi connectivity index (χ0) is 43.6. The number of hydrazine groups is 1. The topological polar surface area (TPSA) is 202 Å². The Balaban J connectivity index is 1.42. The van der Waals surface area contributed by atoms with Gasteiger partial charge in [-0.15, -0.1) is 11.3 Å². The molecule has 3 heterocycles. The number of carbonyl (C=O) groups is 4. The summed E-state index contributed by atoms with van der Waals surface area (Å²) in [7, 11) is 1.60. The van der Waals surface area contributed by atoms with E-state index in [4.69, 9.17) is 4.74 Å². The van der Waals surface area contributed by atoms with Crippen LogP contribution in [-0.2, 0) is 40.4 Å². The second kappa shape index (κ2) is 20.2. The van der Waals surface area contributed by atoms with Crippen LogP contribution in [0.15, 0.2) is 78.7 Å². The number of nitrogens with zero attached hydrogens (tertiary/aromatic N) is 6. The van der Waals surface area contributed by atoms with Gasteiger partial charge in [-0.1, -0.05) is 90.1 Å². The zero-order valence-corrected chi connectivity index (χ0v) is 36.1. The van der Waals surface area contributed by atoms with E-state index >= 15 is 0 Å². The van der Waals surface area contributed by atoms with Crippen LogP contribution < -0.4 is 16.1 Å². The third kappa shape index (κ3) is 12.5. The summed E-state index contributed by atoms with van der Waals surface area (Å²) < 4.78 is 5.20. The summed E-state index contributed by atoms with van der Waals surface area (Å²) in [5, 5.41) is 31.5. The van der Waals surface area contributed by atoms with Gasteiger partial charge in [-0.25, -0.2) is 29.5 Å². The maximum atomic E-state index is 14.6. The number of nitrogens with one attached hydrogen (secondary N) is 3. The minimum absolute atomic E-state index is 0.106. The standard InChI is InChI=1S/C43H57N9O7S/c1-42(2,3)36(48-40(56)57)38(54)49-51(22-29-14-11-15-30(18-29)31-20-44-27-45-21-31)24-34(53)33(19-28-12-9-8-10-13-28)47-39(55)37(43(4,5)6)52-17-16-50(41(52)58)23-32-26-60-35(46-32)25-59-7/h8-15,18,20-21,26-27,33-34,36-37,48,53H,16-17,19,22-25H2,1-7H3,(H,47,55)(H,49,54)(H,56,57)/t33-,34-,36+,37+/m0/s1. The number of thiazole rings is 1. The van der Waals surface area contributed by atoms with E-state index < -0.39 is 53.0 Å². The summed E-state index contributed by atoms with van der Waals surface area (Å²) in [5.41, 5.74) is 5.35. The molecule has 0 radical (unpaired) electrons. The van der Waals surface area contributed by atoms with Crippen molar-refractivity contribution < 1.29 is 34.1 Å². The fourth-order valence-electron chi connectivity index (χ4n) is 7.25. The summed E-state index contributed by atoms with van der Waals surface area (Å²) in [5.74, 6) is -1.05. The molecule has 0 aliphatic carbocycles. The van der Waals surface area contributed by atoms with E-state index in [0.29, 0.717) is 26.2 Å². The van der Waals surface area contributed by atoms with Crippen molar-refractivity contribution in [2.45, 2.75) is 91.9 Å². The van der Waals surface area contributed by atoms with Gasteiger partial charge >= 0.3 is 12.1 Å². The Morgan fingerprint density at radius 1 is 0.917 bits per heavy atom. The van der Waals surface area contributed by atoms with Crippen molar-refractivity contribution in [3.8, 4) is 11.1 Å². The summed E-state index contributed by atoms with van der Waals surface area (Å²) in [4.78, 5) is 70.3. The summed E-state index contributed by atoms with van der Waals surface area (Å²) >= 11 is 1.46. The fraction of sp³-hybridized carbons (Fsp3) is 0.465. The summed E-state index contributed by atoms with van der Waals surface area (Å²) in [6, 6.07) is 13.8. The zero-order valence-electron chi connectivity index (χ0n) is 35.3. The van der Waals surface area contributed by atoms with Gasteiger partial charge in [0.2, 0.25) is 5.91 Å². The molecule has 0 saturated carbocycles. The second-order valence-corrected chi connectivity index (χ2v) is 18.1. The molecule has 1 saturated heterocycles. The first kappa shape index (κ1) is 45.6. The lowest BCUT2D eigenvalue weighted by Gasteiger charge is -2.38. The highest BCUT2D eigenvalue weighted by Crippen LogP contribution is 2.29. The Labute approximate surface area is 355 Å². The van der Waals surface area contributed by atoms with Crippen LogP contribution in [0.1, 0.15) is 63.4 Å². The first-order valence-corrected chi connectivity index (χ1v) is 20.7. The molecule has 5 N–H and O–H groups in total. The number of carbonyl (C=O) groups excluding carboxylic acids is 3. The monoisotopic (exact) mass is 843 g/mol. The number of aliphatic hydroxyl groups is 1. The van der Waals surface area contributed by atoms with Gasteiger partial charge in [0.15, 0.2) is 0 Å². The van der Waals surface area contributed by atoms with Crippen molar-refractivity contribution in [3.05, 3.63) is 101 Å². The first-order valence-electron chi connectivity index (χ1n) is 19.8. The van der Waals surface area contributed by atoms with Crippen LogP contribution in [0.4, 0.5) is 9.59 Å². The summed E-state index contributed by atoms with van der Waals surface area (Å²) in [6.07, 6.45) is 2.43. The van der Waals surface area contributed by atoms with E-state index in [2.05, 4.69) is 31.0 Å². The Morgan fingerprint density at radius 3 is 2.27 bits per heavy atom. The number of ether oxygens (including phenoxy) is 1. The van der Waals surface area contributed by atoms with Crippen molar-refractivity contribution in [1.82, 2.24) is 45.8 Å². The van der Waals surface area contributed by atoms with Crippen molar-refractivity contribution in [2.24, 2.45) is 10.8 Å². The fourth-order valence-corrected chi connectivity index (χ4v) is 8.00. The largest absolute Gasteiger partial charge is 0.465 e. The lowest BCUT2D eigenvalue weighted by molar-refractivity contribution is -0.133. The number of aliphatic hydroxyl groups excluding tert-OH is 1. The maximum absolute atomic E-state index is 14.6. The predicted molar refractivity (Wildman–Crippen MR) is 227 cm³/mol. The molecule has 0 bridgehead atoms. The van der Waals surface area contributed by atoms with E-state index in [0.717, 1.165) is 33.0 Å². The molecule has 322 valence electrons. The van der Waals surface area contributed by atoms with E-state index in [1.165, 1.54) is 22.7 Å². The number of aromatic nitrogens is 3. The molecule has 4 aromatic rings. The third-order valence-corrected chi connectivity index (χ3v) is 11.0. The van der Waals surface area contributed by atoms with Crippen LogP contribution in [0, 0.1) is 10.8 Å². The summed E-state index contributed by atoms with van der Waals surface area (Å²) in [6.45, 7) is 12.3. The van der Waals surface area contributed by atoms with Crippen LogP contribution in [-0.4, -0.2) is 115 Å². The van der Waals surface area contributed by atoms with Crippen LogP contribution in [0.3, 0.4) is 0 Å². The Kier molecular flexibility index (Phi) is 15.3. The molecule has 5 rings (SSSR count). The van der Waals surface area contributed by atoms with Gasteiger partial charge in [-0.2, -0.15) is 0 Å². The quantitative estimate of drug-likeness (QED) is 0.0870. The molecule has 17 heteroatoms. The third-order valence-electron chi connectivity index (χ3n) is 10.1. The molecule has 1 aliphatic heterocycles. The molecule has 4 atom stereocenters. The molecule has 60 heavy (non-hydrogen) atoms. The normalized spacial score (nSPS) is 15.4. The Hall–Kier alpha value is -5.49. The van der Waals surface area contributed by atoms with Crippen molar-refractivity contribution in [2.75, 3.05) is 26.7 Å². The number of urea groups is 1. The molecule has 1 fully saturated rings. The van der Waals surface area contributed by atoms with Gasteiger partial charge in [0.05, 0.1) is 31.0 Å². The van der Waals surface area contributed by atoms with Gasteiger partial charge in [-0.3, -0.25) is 15.0 Å². The van der Waals surface area contributed by atoms with Crippen molar-refractivity contribution in [1.29, 1.82) is 0 Å². The van der Waals surface area contributed by atoms with Gasteiger partial charge < -0.3 is 35.4 Å². The first-order chi connectivity index (χ1) is 28.4. The van der Waals surface area contributed by atoms with E-state index in [1.807, 2.05) is 80.7 Å². The number of carboxylic acid groups (broad SMARTS) is 1. The highest BCUT2D eigenvalue weighted by atomic mass is 32.1. The van der Waals surface area contributed by atoms with E-state index in [1.54, 1.807) is 50.1 Å². The lowest BCUT2D eigenvalue weighted by Crippen LogP contribution is -2.61. The molecular formula is C43H57N9O7S. The predicted octanol–water partition coefficient (Wildman–Crippen LogP) is 4.70. The number of methoxy groups -OCH3 is 1. The molecule has 2 aromatic heterocycles. The average molecular weight is 844 g/mol. The van der Waals surface area contributed by atoms with E-state index in [9.17, 15) is 29.4 Å². The van der Waals surface area contributed by atoms with E-state index in [-0.39, 0.29) is 25.5 Å². The van der Waals surface area contributed by atoms with Gasteiger partial charge in [-0.05, 0) is 40.0 Å². The SMILES string of the molecule is COCc1nc(CN2CCN([C@H](C(=O)N[C@@H](Cc3ccccc3)[C@@H](O)CN(Cc3cccc(-c4cncnc4)c3)NC(=O)[C@@H](NC(=O)O)C(C)(C)C)C(C)(C)C)C2=O)cs1. The number of benzene rings is 2. The Morgan fingerprint density at radius 2 is 1.62 bits per heavy atom. The van der Waals surface area contributed by atoms with Gasteiger partial charge in [0, 0.05) is 56.6 Å². The highest BCUT2D eigenvalue weighted by Gasteiger charge is 2.44. The maximum Gasteiger partial charge on any atom is 0.405 e. The van der Waals surface area contributed by atoms with Crippen LogP contribution in [0.2, 0.25) is 0 Å². The Bertz CT molecular complexity index is 2060. The van der Waals surface area contributed by atoms with Gasteiger partial charge in [0.25, 0.3) is 5.91 Å². The second-order valence-electron chi connectivity index (χ2n) is 17.1. The van der Waals surface area contributed by atoms with Crippen LogP contribution in [0.25, 0.3) is 11.1 Å². The molecule has 0 spiro atoms. The minimum atomic E-state index is -1.35. The molecule has 1 aliphatic rings. The van der Waals surface area contributed by atoms with Crippen molar-refractivity contribution in [3.63, 3.8) is 0 Å².